The van der Waals surface area contributed by atoms with E-state index in [0.717, 1.165) is 22.2 Å². The highest BCUT2D eigenvalue weighted by Gasteiger charge is 2.29. The summed E-state index contributed by atoms with van der Waals surface area (Å²) in [5, 5.41) is 0. The Kier molecular flexibility index (Phi) is 3.19. The fourth-order valence-electron chi connectivity index (χ4n) is 1.42. The van der Waals surface area contributed by atoms with Crippen LogP contribution >= 0.6 is 15.9 Å². The highest BCUT2D eigenvalue weighted by atomic mass is 79.9. The molecule has 0 N–H and O–H groups in total. The Hall–Kier alpha value is -1.36. The van der Waals surface area contributed by atoms with Crippen molar-refractivity contribution in [2.75, 3.05) is 0 Å². The third kappa shape index (κ3) is 2.85. The number of rotatable bonds is 1. The van der Waals surface area contributed by atoms with E-state index < -0.39 is 11.7 Å². The molecule has 0 unspecified atom stereocenters. The summed E-state index contributed by atoms with van der Waals surface area (Å²) in [6.07, 6.45) is -1.07. The monoisotopic (exact) mass is 301 g/mol. The summed E-state index contributed by atoms with van der Waals surface area (Å²) in [5.74, 6) is 0. The van der Waals surface area contributed by atoms with E-state index in [1.807, 2.05) is 0 Å². The normalized spacial score (nSPS) is 11.5. The summed E-state index contributed by atoms with van der Waals surface area (Å²) in [4.78, 5) is 3.96. The second-order valence-electron chi connectivity index (χ2n) is 3.47. The second-order valence-corrected chi connectivity index (χ2v) is 4.38. The largest absolute Gasteiger partial charge is 0.416 e. The summed E-state index contributed by atoms with van der Waals surface area (Å²) < 4.78 is 37.9. The van der Waals surface area contributed by atoms with Crippen LogP contribution in [0.1, 0.15) is 5.56 Å². The summed E-state index contributed by atoms with van der Waals surface area (Å²) in [7, 11) is 0. The summed E-state index contributed by atoms with van der Waals surface area (Å²) in [6, 6.07) is 6.81. The lowest BCUT2D eigenvalue weighted by molar-refractivity contribution is -0.137. The number of alkyl halides is 3. The molecule has 0 spiro atoms. The number of halogens is 4. The first-order valence-electron chi connectivity index (χ1n) is 4.75. The Morgan fingerprint density at radius 2 is 1.59 bits per heavy atom. The van der Waals surface area contributed by atoms with E-state index in [4.69, 9.17) is 0 Å². The van der Waals surface area contributed by atoms with Gasteiger partial charge in [-0.3, -0.25) is 4.98 Å². The Labute approximate surface area is 104 Å². The SMILES string of the molecule is FC(F)(F)c1ccc(-c2cncc(Br)c2)cc1. The molecule has 88 valence electrons. The van der Waals surface area contributed by atoms with Crippen molar-refractivity contribution in [1.82, 2.24) is 4.98 Å². The number of hydrogen-bond acceptors (Lipinski definition) is 1. The smallest absolute Gasteiger partial charge is 0.263 e. The first-order valence-corrected chi connectivity index (χ1v) is 5.54. The molecule has 0 bridgehead atoms. The first kappa shape index (κ1) is 12.1. The van der Waals surface area contributed by atoms with E-state index in [9.17, 15) is 13.2 Å². The molecule has 0 saturated carbocycles. The molecule has 0 aliphatic carbocycles. The average molecular weight is 302 g/mol. The third-order valence-electron chi connectivity index (χ3n) is 2.25. The van der Waals surface area contributed by atoms with Gasteiger partial charge in [-0.1, -0.05) is 12.1 Å². The molecule has 0 amide bonds. The van der Waals surface area contributed by atoms with Crippen molar-refractivity contribution in [1.29, 1.82) is 0 Å². The predicted octanol–water partition coefficient (Wildman–Crippen LogP) is 4.53. The minimum atomic E-state index is -4.30. The third-order valence-corrected chi connectivity index (χ3v) is 2.68. The van der Waals surface area contributed by atoms with E-state index in [1.165, 1.54) is 12.1 Å². The van der Waals surface area contributed by atoms with Crippen LogP contribution in [0.3, 0.4) is 0 Å². The van der Waals surface area contributed by atoms with Gasteiger partial charge in [0.05, 0.1) is 5.56 Å². The molecule has 0 atom stereocenters. The van der Waals surface area contributed by atoms with Gasteiger partial charge >= 0.3 is 6.18 Å². The van der Waals surface area contributed by atoms with Crippen LogP contribution in [-0.4, -0.2) is 4.98 Å². The van der Waals surface area contributed by atoms with Gasteiger partial charge in [0, 0.05) is 22.4 Å². The zero-order chi connectivity index (χ0) is 12.5. The van der Waals surface area contributed by atoms with Crippen molar-refractivity contribution in [3.8, 4) is 11.1 Å². The molecule has 0 radical (unpaired) electrons. The van der Waals surface area contributed by atoms with E-state index >= 15 is 0 Å². The van der Waals surface area contributed by atoms with Gasteiger partial charge in [-0.25, -0.2) is 0 Å². The Balaban J connectivity index is 2.36. The number of hydrogen-bond donors (Lipinski definition) is 0. The van der Waals surface area contributed by atoms with Crippen LogP contribution in [0.15, 0.2) is 47.2 Å². The van der Waals surface area contributed by atoms with Gasteiger partial charge in [0.25, 0.3) is 0 Å². The summed E-state index contributed by atoms with van der Waals surface area (Å²) in [5.41, 5.74) is 0.823. The molecule has 0 aliphatic heterocycles. The summed E-state index contributed by atoms with van der Waals surface area (Å²) >= 11 is 3.26. The minimum Gasteiger partial charge on any atom is -0.263 e. The zero-order valence-electron chi connectivity index (χ0n) is 8.50. The van der Waals surface area contributed by atoms with Crippen LogP contribution in [0, 0.1) is 0 Å². The average Bonchev–Trinajstić information content (AvgIpc) is 2.28. The maximum atomic E-state index is 12.4. The highest BCUT2D eigenvalue weighted by molar-refractivity contribution is 9.10. The van der Waals surface area contributed by atoms with Crippen molar-refractivity contribution in [2.45, 2.75) is 6.18 Å². The number of nitrogens with zero attached hydrogens (tertiary/aromatic N) is 1. The van der Waals surface area contributed by atoms with E-state index in [1.54, 1.807) is 18.5 Å². The first-order chi connectivity index (χ1) is 7.97. The zero-order valence-corrected chi connectivity index (χ0v) is 10.1. The van der Waals surface area contributed by atoms with Crippen LogP contribution in [0.2, 0.25) is 0 Å². The maximum Gasteiger partial charge on any atom is 0.416 e. The molecule has 2 aromatic rings. The van der Waals surface area contributed by atoms with Crippen molar-refractivity contribution in [2.24, 2.45) is 0 Å². The standard InChI is InChI=1S/C12H7BrF3N/c13-11-5-9(6-17-7-11)8-1-3-10(4-2-8)12(14,15)16/h1-7H. The van der Waals surface area contributed by atoms with Gasteiger partial charge in [0.1, 0.15) is 0 Å². The van der Waals surface area contributed by atoms with Crippen LogP contribution < -0.4 is 0 Å². The lowest BCUT2D eigenvalue weighted by Crippen LogP contribution is -2.03. The van der Waals surface area contributed by atoms with Crippen LogP contribution in [0.4, 0.5) is 13.2 Å². The molecule has 5 heteroatoms. The Morgan fingerprint density at radius 3 is 2.12 bits per heavy atom. The molecule has 1 nitrogen and oxygen atoms in total. The molecule has 0 aliphatic rings. The van der Waals surface area contributed by atoms with Crippen molar-refractivity contribution >= 4 is 15.9 Å². The van der Waals surface area contributed by atoms with E-state index in [-0.39, 0.29) is 0 Å². The van der Waals surface area contributed by atoms with Gasteiger partial charge < -0.3 is 0 Å². The molecule has 0 fully saturated rings. The van der Waals surface area contributed by atoms with Crippen molar-refractivity contribution in [3.63, 3.8) is 0 Å². The van der Waals surface area contributed by atoms with E-state index in [2.05, 4.69) is 20.9 Å². The quantitative estimate of drug-likeness (QED) is 0.754. The van der Waals surface area contributed by atoms with Gasteiger partial charge in [0.2, 0.25) is 0 Å². The molecule has 17 heavy (non-hydrogen) atoms. The predicted molar refractivity (Wildman–Crippen MR) is 62.4 cm³/mol. The van der Waals surface area contributed by atoms with Gasteiger partial charge in [-0.05, 0) is 39.7 Å². The number of aromatic nitrogens is 1. The minimum absolute atomic E-state index is 0.649. The molecule has 1 aromatic heterocycles. The number of pyridine rings is 1. The van der Waals surface area contributed by atoms with Crippen LogP contribution in [0.5, 0.6) is 0 Å². The second kappa shape index (κ2) is 4.49. The molecular formula is C12H7BrF3N. The maximum absolute atomic E-state index is 12.4. The fourth-order valence-corrected chi connectivity index (χ4v) is 1.79. The molecule has 1 aromatic carbocycles. The Morgan fingerprint density at radius 1 is 0.941 bits per heavy atom. The van der Waals surface area contributed by atoms with Crippen molar-refractivity contribution < 1.29 is 13.2 Å². The molecule has 0 saturated heterocycles. The van der Waals surface area contributed by atoms with Crippen LogP contribution in [-0.2, 0) is 6.18 Å². The van der Waals surface area contributed by atoms with Gasteiger partial charge in [0.15, 0.2) is 0 Å². The van der Waals surface area contributed by atoms with Crippen LogP contribution in [0.25, 0.3) is 11.1 Å². The topological polar surface area (TPSA) is 12.9 Å². The summed E-state index contributed by atoms with van der Waals surface area (Å²) in [6.45, 7) is 0. The molecular weight excluding hydrogens is 295 g/mol. The van der Waals surface area contributed by atoms with E-state index in [0.29, 0.717) is 5.56 Å². The fraction of sp³-hybridized carbons (Fsp3) is 0.0833. The van der Waals surface area contributed by atoms with Gasteiger partial charge in [-0.15, -0.1) is 0 Å². The lowest BCUT2D eigenvalue weighted by Gasteiger charge is -2.07. The molecule has 2 rings (SSSR count). The Bertz CT molecular complexity index is 520. The van der Waals surface area contributed by atoms with Gasteiger partial charge in [-0.2, -0.15) is 13.2 Å². The van der Waals surface area contributed by atoms with Crippen molar-refractivity contribution in [3.05, 3.63) is 52.8 Å². The lowest BCUT2D eigenvalue weighted by atomic mass is 10.1. The number of benzene rings is 1. The highest BCUT2D eigenvalue weighted by Crippen LogP contribution is 2.31. The molecule has 1 heterocycles.